The first-order valence-electron chi connectivity index (χ1n) is 10.6. The van der Waals surface area contributed by atoms with E-state index in [1.165, 1.54) is 0 Å². The van der Waals surface area contributed by atoms with Gasteiger partial charge in [0, 0.05) is 38.9 Å². The Bertz CT molecular complexity index is 980. The van der Waals surface area contributed by atoms with Crippen LogP contribution in [0.5, 0.6) is 0 Å². The van der Waals surface area contributed by atoms with Crippen LogP contribution in [0.15, 0.2) is 48.7 Å². The number of carbonyl (C=O) groups excluding carboxylic acids is 1. The summed E-state index contributed by atoms with van der Waals surface area (Å²) in [5.41, 5.74) is 1.83. The number of hydrogen-bond acceptors (Lipinski definition) is 7. The van der Waals surface area contributed by atoms with Crippen LogP contribution in [-0.2, 0) is 25.9 Å². The Morgan fingerprint density at radius 1 is 1.06 bits per heavy atom. The van der Waals surface area contributed by atoms with Gasteiger partial charge in [0.2, 0.25) is 5.91 Å². The SMILES string of the molecule is O=C(NCc1ccnc(N2CCOCC2)c1)C(c1ccccc1)N1CCS(=O)(=O)CC1. The molecule has 0 spiro atoms. The molecule has 4 rings (SSSR count). The maximum atomic E-state index is 13.2. The smallest absolute Gasteiger partial charge is 0.242 e. The summed E-state index contributed by atoms with van der Waals surface area (Å²) in [5, 5.41) is 3.04. The fourth-order valence-electron chi connectivity index (χ4n) is 3.97. The molecule has 2 aliphatic heterocycles. The molecule has 1 N–H and O–H groups in total. The van der Waals surface area contributed by atoms with E-state index in [2.05, 4.69) is 15.2 Å². The summed E-state index contributed by atoms with van der Waals surface area (Å²) in [4.78, 5) is 21.8. The van der Waals surface area contributed by atoms with Crippen molar-refractivity contribution in [2.45, 2.75) is 12.6 Å². The quantitative estimate of drug-likeness (QED) is 0.711. The number of aromatic nitrogens is 1. The van der Waals surface area contributed by atoms with Gasteiger partial charge in [-0.05, 0) is 23.3 Å². The van der Waals surface area contributed by atoms with Crippen LogP contribution in [0.25, 0.3) is 0 Å². The zero-order chi connectivity index (χ0) is 21.7. The molecule has 166 valence electrons. The standard InChI is InChI=1S/C22H28N4O4S/c27-22(24-17-18-6-7-23-20(16-18)25-8-12-30-13-9-25)21(19-4-2-1-3-5-19)26-10-14-31(28,29)15-11-26/h1-7,16,21H,8-15,17H2,(H,24,27). The van der Waals surface area contributed by atoms with Crippen molar-refractivity contribution in [2.24, 2.45) is 0 Å². The van der Waals surface area contributed by atoms with Crippen LogP contribution in [0.4, 0.5) is 5.82 Å². The molecule has 31 heavy (non-hydrogen) atoms. The van der Waals surface area contributed by atoms with Crippen LogP contribution in [0.2, 0.25) is 0 Å². The summed E-state index contributed by atoms with van der Waals surface area (Å²) in [6, 6.07) is 12.9. The van der Waals surface area contributed by atoms with E-state index in [1.807, 2.05) is 47.4 Å². The zero-order valence-electron chi connectivity index (χ0n) is 17.4. The Morgan fingerprint density at radius 2 is 1.77 bits per heavy atom. The number of carbonyl (C=O) groups is 1. The van der Waals surface area contributed by atoms with Crippen LogP contribution < -0.4 is 10.2 Å². The minimum Gasteiger partial charge on any atom is -0.378 e. The number of hydrogen-bond donors (Lipinski definition) is 1. The van der Waals surface area contributed by atoms with Gasteiger partial charge in [-0.15, -0.1) is 0 Å². The second-order valence-corrected chi connectivity index (χ2v) is 10.1. The monoisotopic (exact) mass is 444 g/mol. The fraction of sp³-hybridized carbons (Fsp3) is 0.455. The summed E-state index contributed by atoms with van der Waals surface area (Å²) in [6.45, 7) is 4.07. The molecule has 8 nitrogen and oxygen atoms in total. The Morgan fingerprint density at radius 3 is 2.48 bits per heavy atom. The van der Waals surface area contributed by atoms with Gasteiger partial charge >= 0.3 is 0 Å². The molecular weight excluding hydrogens is 416 g/mol. The lowest BCUT2D eigenvalue weighted by molar-refractivity contribution is -0.126. The molecule has 2 saturated heterocycles. The van der Waals surface area contributed by atoms with Crippen molar-refractivity contribution in [1.29, 1.82) is 0 Å². The van der Waals surface area contributed by atoms with Gasteiger partial charge < -0.3 is 15.0 Å². The van der Waals surface area contributed by atoms with E-state index in [-0.39, 0.29) is 17.4 Å². The van der Waals surface area contributed by atoms with Gasteiger partial charge in [0.25, 0.3) is 0 Å². The number of morpholine rings is 1. The molecule has 2 aliphatic rings. The molecule has 1 aromatic heterocycles. The lowest BCUT2D eigenvalue weighted by Crippen LogP contribution is -2.47. The van der Waals surface area contributed by atoms with Crippen molar-refractivity contribution in [3.8, 4) is 0 Å². The number of ether oxygens (including phenoxy) is 1. The van der Waals surface area contributed by atoms with Gasteiger partial charge in [-0.1, -0.05) is 30.3 Å². The first-order valence-corrected chi connectivity index (χ1v) is 12.4. The molecule has 0 bridgehead atoms. The third kappa shape index (κ3) is 5.61. The Balaban J connectivity index is 1.45. The highest BCUT2D eigenvalue weighted by molar-refractivity contribution is 7.91. The average molecular weight is 445 g/mol. The number of nitrogens with one attached hydrogen (secondary N) is 1. The summed E-state index contributed by atoms with van der Waals surface area (Å²) < 4.78 is 29.1. The van der Waals surface area contributed by atoms with Gasteiger partial charge in [-0.3, -0.25) is 9.69 Å². The normalized spacial score (nSPS) is 20.2. The Hall–Kier alpha value is -2.49. The number of amides is 1. The number of pyridine rings is 1. The van der Waals surface area contributed by atoms with Crippen molar-refractivity contribution in [1.82, 2.24) is 15.2 Å². The Labute approximate surface area is 183 Å². The van der Waals surface area contributed by atoms with E-state index in [9.17, 15) is 13.2 Å². The molecule has 3 heterocycles. The highest BCUT2D eigenvalue weighted by Crippen LogP contribution is 2.23. The number of anilines is 1. The second-order valence-electron chi connectivity index (χ2n) is 7.84. The van der Waals surface area contributed by atoms with Crippen LogP contribution in [0, 0.1) is 0 Å². The first kappa shape index (κ1) is 21.7. The molecule has 2 fully saturated rings. The summed E-state index contributed by atoms with van der Waals surface area (Å²) in [7, 11) is -3.02. The summed E-state index contributed by atoms with van der Waals surface area (Å²) in [6.07, 6.45) is 1.76. The van der Waals surface area contributed by atoms with Gasteiger partial charge in [-0.2, -0.15) is 0 Å². The molecule has 0 saturated carbocycles. The predicted octanol–water partition coefficient (Wildman–Crippen LogP) is 1.01. The molecule has 9 heteroatoms. The van der Waals surface area contributed by atoms with E-state index in [0.29, 0.717) is 32.8 Å². The van der Waals surface area contributed by atoms with Gasteiger partial charge in [0.05, 0.1) is 24.7 Å². The highest BCUT2D eigenvalue weighted by atomic mass is 32.2. The zero-order valence-corrected chi connectivity index (χ0v) is 18.3. The number of benzene rings is 1. The molecule has 1 aromatic carbocycles. The van der Waals surface area contributed by atoms with Crippen LogP contribution >= 0.6 is 0 Å². The van der Waals surface area contributed by atoms with Crippen LogP contribution in [0.1, 0.15) is 17.2 Å². The van der Waals surface area contributed by atoms with E-state index < -0.39 is 15.9 Å². The van der Waals surface area contributed by atoms with Crippen molar-refractivity contribution in [3.05, 3.63) is 59.8 Å². The Kier molecular flexibility index (Phi) is 6.84. The fourth-order valence-corrected chi connectivity index (χ4v) is 5.20. The van der Waals surface area contributed by atoms with E-state index in [0.717, 1.165) is 30.0 Å². The van der Waals surface area contributed by atoms with Crippen molar-refractivity contribution < 1.29 is 17.9 Å². The van der Waals surface area contributed by atoms with E-state index >= 15 is 0 Å². The lowest BCUT2D eigenvalue weighted by atomic mass is 10.0. The van der Waals surface area contributed by atoms with Crippen LogP contribution in [0.3, 0.4) is 0 Å². The molecule has 1 amide bonds. The molecule has 1 unspecified atom stereocenters. The summed E-state index contributed by atoms with van der Waals surface area (Å²) in [5.74, 6) is 0.916. The van der Waals surface area contributed by atoms with Crippen molar-refractivity contribution in [2.75, 3.05) is 55.8 Å². The van der Waals surface area contributed by atoms with Gasteiger partial charge in [0.1, 0.15) is 11.9 Å². The number of nitrogens with zero attached hydrogens (tertiary/aromatic N) is 3. The van der Waals surface area contributed by atoms with E-state index in [4.69, 9.17) is 4.74 Å². The maximum Gasteiger partial charge on any atom is 0.242 e. The molecule has 1 atom stereocenters. The summed E-state index contributed by atoms with van der Waals surface area (Å²) >= 11 is 0. The third-order valence-electron chi connectivity index (χ3n) is 5.72. The van der Waals surface area contributed by atoms with Gasteiger partial charge in [-0.25, -0.2) is 13.4 Å². The second kappa shape index (κ2) is 9.76. The van der Waals surface area contributed by atoms with Crippen LogP contribution in [-0.4, -0.2) is 75.1 Å². The average Bonchev–Trinajstić information content (AvgIpc) is 2.80. The molecule has 0 aliphatic carbocycles. The predicted molar refractivity (Wildman–Crippen MR) is 119 cm³/mol. The molecule has 0 radical (unpaired) electrons. The lowest BCUT2D eigenvalue weighted by Gasteiger charge is -2.33. The number of sulfone groups is 1. The van der Waals surface area contributed by atoms with Crippen molar-refractivity contribution in [3.63, 3.8) is 0 Å². The highest BCUT2D eigenvalue weighted by Gasteiger charge is 2.32. The maximum absolute atomic E-state index is 13.2. The number of rotatable bonds is 6. The third-order valence-corrected chi connectivity index (χ3v) is 7.33. The minimum absolute atomic E-state index is 0.0802. The molecule has 2 aromatic rings. The van der Waals surface area contributed by atoms with Crippen molar-refractivity contribution >= 4 is 21.6 Å². The van der Waals surface area contributed by atoms with Gasteiger partial charge in [0.15, 0.2) is 9.84 Å². The molecular formula is C22H28N4O4S. The first-order chi connectivity index (χ1) is 15.0. The van der Waals surface area contributed by atoms with E-state index in [1.54, 1.807) is 6.20 Å². The topological polar surface area (TPSA) is 91.8 Å². The minimum atomic E-state index is -3.02. The largest absolute Gasteiger partial charge is 0.378 e.